The number of nitrogens with two attached hydrogens (primary N) is 1. The monoisotopic (exact) mass is 400 g/mol. The Bertz CT molecular complexity index is 1180. The maximum atomic E-state index is 10.5. The molecular weight excluding hydrogens is 376 g/mol. The van der Waals surface area contributed by atoms with Crippen molar-refractivity contribution in [3.05, 3.63) is 66.7 Å². The molecule has 1 unspecified atom stereocenters. The number of phenolic OH excluding ortho intramolecular Hbond substituents is 2. The van der Waals surface area contributed by atoms with E-state index in [2.05, 4.69) is 10.3 Å². The van der Waals surface area contributed by atoms with Gasteiger partial charge >= 0.3 is 0 Å². The molecular formula is C24H24N4O2. The summed E-state index contributed by atoms with van der Waals surface area (Å²) in [5.41, 5.74) is 9.20. The van der Waals surface area contributed by atoms with Gasteiger partial charge in [-0.2, -0.15) is 0 Å². The topological polar surface area (TPSA) is 104 Å². The Kier molecular flexibility index (Phi) is 5.50. The minimum atomic E-state index is 0.0217. The number of nitrogens with zero attached hydrogens (tertiary/aromatic N) is 2. The summed E-state index contributed by atoms with van der Waals surface area (Å²) in [7, 11) is 0. The van der Waals surface area contributed by atoms with Crippen molar-refractivity contribution in [1.82, 2.24) is 9.97 Å². The second-order valence-electron chi connectivity index (χ2n) is 7.24. The molecule has 0 aliphatic rings. The number of rotatable bonds is 6. The van der Waals surface area contributed by atoms with Crippen LogP contribution in [0.5, 0.6) is 11.5 Å². The van der Waals surface area contributed by atoms with Gasteiger partial charge in [-0.1, -0.05) is 37.3 Å². The van der Waals surface area contributed by atoms with Crippen LogP contribution in [0.2, 0.25) is 0 Å². The number of benzene rings is 3. The van der Waals surface area contributed by atoms with Crippen molar-refractivity contribution in [3.8, 4) is 34.0 Å². The maximum Gasteiger partial charge on any atom is 0.165 e. The molecule has 1 aromatic heterocycles. The third-order valence-corrected chi connectivity index (χ3v) is 5.10. The van der Waals surface area contributed by atoms with Crippen molar-refractivity contribution >= 4 is 16.7 Å². The number of hydrogen-bond acceptors (Lipinski definition) is 6. The molecule has 0 amide bonds. The van der Waals surface area contributed by atoms with E-state index in [-0.39, 0.29) is 17.5 Å². The smallest absolute Gasteiger partial charge is 0.165 e. The van der Waals surface area contributed by atoms with Crippen molar-refractivity contribution < 1.29 is 10.2 Å². The maximum absolute atomic E-state index is 10.5. The van der Waals surface area contributed by atoms with Gasteiger partial charge in [-0.25, -0.2) is 9.97 Å². The van der Waals surface area contributed by atoms with Crippen molar-refractivity contribution in [2.45, 2.75) is 19.4 Å². The van der Waals surface area contributed by atoms with Crippen LogP contribution in [-0.2, 0) is 0 Å². The van der Waals surface area contributed by atoms with Crippen molar-refractivity contribution in [2.75, 3.05) is 11.9 Å². The summed E-state index contributed by atoms with van der Waals surface area (Å²) < 4.78 is 0. The van der Waals surface area contributed by atoms with E-state index in [1.54, 1.807) is 18.2 Å². The van der Waals surface area contributed by atoms with Crippen molar-refractivity contribution in [2.24, 2.45) is 5.73 Å². The molecule has 3 aromatic carbocycles. The number of para-hydroxylation sites is 1. The number of nitrogens with one attached hydrogen (secondary N) is 1. The molecule has 0 saturated carbocycles. The van der Waals surface area contributed by atoms with E-state index in [1.165, 1.54) is 0 Å². The van der Waals surface area contributed by atoms with Crippen LogP contribution in [0.25, 0.3) is 33.4 Å². The number of anilines is 1. The molecule has 30 heavy (non-hydrogen) atoms. The highest BCUT2D eigenvalue weighted by molar-refractivity contribution is 5.91. The van der Waals surface area contributed by atoms with E-state index >= 15 is 0 Å². The summed E-state index contributed by atoms with van der Waals surface area (Å²) in [6, 6.07) is 20.0. The highest BCUT2D eigenvalue weighted by Crippen LogP contribution is 2.34. The van der Waals surface area contributed by atoms with Crippen LogP contribution in [0.3, 0.4) is 0 Å². The Morgan fingerprint density at radius 2 is 1.67 bits per heavy atom. The zero-order chi connectivity index (χ0) is 21.1. The largest absolute Gasteiger partial charge is 0.508 e. The van der Waals surface area contributed by atoms with Gasteiger partial charge in [0.2, 0.25) is 0 Å². The molecule has 0 fully saturated rings. The molecule has 5 N–H and O–H groups in total. The first kappa shape index (κ1) is 19.7. The summed E-state index contributed by atoms with van der Waals surface area (Å²) in [5.74, 6) is 1.42. The second kappa shape index (κ2) is 8.39. The van der Waals surface area contributed by atoms with Gasteiger partial charge in [-0.3, -0.25) is 0 Å². The molecule has 0 saturated heterocycles. The number of aromatic nitrogens is 2. The highest BCUT2D eigenvalue weighted by atomic mass is 16.3. The predicted molar refractivity (Wildman–Crippen MR) is 120 cm³/mol. The summed E-state index contributed by atoms with van der Waals surface area (Å²) in [6.07, 6.45) is 0.859. The third kappa shape index (κ3) is 4.04. The van der Waals surface area contributed by atoms with Crippen molar-refractivity contribution in [3.63, 3.8) is 0 Å². The number of phenols is 2. The standard InChI is InChI=1S/C24H24N4O2/c1-2-17(25)14-26-23-19-5-3-4-6-21(19)27-24(28-23)20-13-16(9-12-22(20)30)15-7-10-18(29)11-8-15/h3-13,17,29-30H,2,14,25H2,1H3,(H,26,27,28). The molecule has 0 aliphatic carbocycles. The van der Waals surface area contributed by atoms with E-state index in [4.69, 9.17) is 10.7 Å². The Hall–Kier alpha value is -3.64. The van der Waals surface area contributed by atoms with E-state index in [0.29, 0.717) is 23.8 Å². The van der Waals surface area contributed by atoms with E-state index in [1.807, 2.05) is 55.5 Å². The minimum Gasteiger partial charge on any atom is -0.508 e. The summed E-state index contributed by atoms with van der Waals surface area (Å²) in [4.78, 5) is 9.39. The highest BCUT2D eigenvalue weighted by Gasteiger charge is 2.14. The van der Waals surface area contributed by atoms with Gasteiger partial charge in [0.25, 0.3) is 0 Å². The lowest BCUT2D eigenvalue weighted by atomic mass is 10.0. The first-order chi connectivity index (χ1) is 14.5. The van der Waals surface area contributed by atoms with Gasteiger partial charge in [0, 0.05) is 18.0 Å². The fraction of sp³-hybridized carbons (Fsp3) is 0.167. The molecule has 6 heteroatoms. The summed E-state index contributed by atoms with van der Waals surface area (Å²) >= 11 is 0. The van der Waals surface area contributed by atoms with Crippen LogP contribution >= 0.6 is 0 Å². The van der Waals surface area contributed by atoms with Gasteiger partial charge in [0.15, 0.2) is 5.82 Å². The number of aromatic hydroxyl groups is 2. The lowest BCUT2D eigenvalue weighted by Crippen LogP contribution is -2.28. The van der Waals surface area contributed by atoms with E-state index in [0.717, 1.165) is 28.5 Å². The van der Waals surface area contributed by atoms with Crippen LogP contribution in [0.15, 0.2) is 66.7 Å². The molecule has 0 bridgehead atoms. The van der Waals surface area contributed by atoms with Gasteiger partial charge in [-0.15, -0.1) is 0 Å². The zero-order valence-corrected chi connectivity index (χ0v) is 16.7. The third-order valence-electron chi connectivity index (χ3n) is 5.10. The van der Waals surface area contributed by atoms with Crippen LogP contribution in [0, 0.1) is 0 Å². The van der Waals surface area contributed by atoms with Gasteiger partial charge in [-0.05, 0) is 53.9 Å². The van der Waals surface area contributed by atoms with Crippen LogP contribution in [0.1, 0.15) is 13.3 Å². The lowest BCUT2D eigenvalue weighted by Gasteiger charge is -2.14. The molecule has 6 nitrogen and oxygen atoms in total. The first-order valence-corrected chi connectivity index (χ1v) is 9.94. The Morgan fingerprint density at radius 3 is 2.43 bits per heavy atom. The van der Waals surface area contributed by atoms with Crippen LogP contribution < -0.4 is 11.1 Å². The summed E-state index contributed by atoms with van der Waals surface area (Å²) in [5, 5.41) is 24.3. The molecule has 1 atom stereocenters. The molecule has 0 radical (unpaired) electrons. The quantitative estimate of drug-likeness (QED) is 0.379. The first-order valence-electron chi connectivity index (χ1n) is 9.94. The molecule has 0 aliphatic heterocycles. The number of hydrogen-bond donors (Lipinski definition) is 4. The molecule has 0 spiro atoms. The fourth-order valence-corrected chi connectivity index (χ4v) is 3.25. The predicted octanol–water partition coefficient (Wildman–Crippen LogP) is 4.52. The molecule has 4 aromatic rings. The zero-order valence-electron chi connectivity index (χ0n) is 16.7. The Balaban J connectivity index is 1.80. The second-order valence-corrected chi connectivity index (χ2v) is 7.24. The van der Waals surface area contributed by atoms with Crippen LogP contribution in [-0.4, -0.2) is 32.8 Å². The van der Waals surface area contributed by atoms with Crippen LogP contribution in [0.4, 0.5) is 5.82 Å². The van der Waals surface area contributed by atoms with E-state index < -0.39 is 0 Å². The van der Waals surface area contributed by atoms with Crippen molar-refractivity contribution in [1.29, 1.82) is 0 Å². The van der Waals surface area contributed by atoms with Gasteiger partial charge in [0.1, 0.15) is 17.3 Å². The Labute approximate surface area is 175 Å². The minimum absolute atomic E-state index is 0.0217. The van der Waals surface area contributed by atoms with Gasteiger partial charge < -0.3 is 21.3 Å². The molecule has 1 heterocycles. The van der Waals surface area contributed by atoms with E-state index in [9.17, 15) is 10.2 Å². The molecule has 152 valence electrons. The van der Waals surface area contributed by atoms with Gasteiger partial charge in [0.05, 0.1) is 11.1 Å². The SMILES string of the molecule is CCC(N)CNc1nc(-c2cc(-c3ccc(O)cc3)ccc2O)nc2ccccc12. The number of fused-ring (bicyclic) bond motifs is 1. The molecule has 4 rings (SSSR count). The fourth-order valence-electron chi connectivity index (χ4n) is 3.25. The normalized spacial score (nSPS) is 12.1. The lowest BCUT2D eigenvalue weighted by molar-refractivity contribution is 0.475. The Morgan fingerprint density at radius 1 is 0.933 bits per heavy atom. The summed E-state index contributed by atoms with van der Waals surface area (Å²) in [6.45, 7) is 2.64. The average molecular weight is 400 g/mol. The average Bonchev–Trinajstić information content (AvgIpc) is 2.78.